The van der Waals surface area contributed by atoms with Gasteiger partial charge in [-0.05, 0) is 25.2 Å². The fourth-order valence-electron chi connectivity index (χ4n) is 2.12. The number of aromatic nitrogens is 2. The number of hydrogen-bond donors (Lipinski definition) is 3. The van der Waals surface area contributed by atoms with Gasteiger partial charge in [0.25, 0.3) is 0 Å². The number of anilines is 2. The maximum Gasteiger partial charge on any atom is 0.133 e. The van der Waals surface area contributed by atoms with Crippen molar-refractivity contribution in [3.63, 3.8) is 0 Å². The summed E-state index contributed by atoms with van der Waals surface area (Å²) in [5.41, 5.74) is 0. The zero-order valence-corrected chi connectivity index (χ0v) is 13.8. The van der Waals surface area contributed by atoms with Gasteiger partial charge in [0.2, 0.25) is 0 Å². The van der Waals surface area contributed by atoms with Gasteiger partial charge in [-0.3, -0.25) is 0 Å². The predicted molar refractivity (Wildman–Crippen MR) is 88.8 cm³/mol. The van der Waals surface area contributed by atoms with Crippen LogP contribution in [0.1, 0.15) is 52.8 Å². The minimum atomic E-state index is -0.346. The molecule has 120 valence electrons. The van der Waals surface area contributed by atoms with Crippen LogP contribution in [0.5, 0.6) is 0 Å². The Balaban J connectivity index is 2.68. The zero-order chi connectivity index (χ0) is 15.7. The average molecular weight is 294 g/mol. The molecule has 0 bridgehead atoms. The van der Waals surface area contributed by atoms with Crippen molar-refractivity contribution >= 4 is 11.6 Å². The summed E-state index contributed by atoms with van der Waals surface area (Å²) in [5, 5.41) is 16.5. The van der Waals surface area contributed by atoms with E-state index in [0.29, 0.717) is 12.5 Å². The van der Waals surface area contributed by atoms with Crippen LogP contribution in [0.15, 0.2) is 6.07 Å². The fraction of sp³-hybridized carbons (Fsp3) is 0.750. The van der Waals surface area contributed by atoms with Gasteiger partial charge < -0.3 is 15.7 Å². The number of nitrogens with zero attached hydrogens (tertiary/aromatic N) is 2. The molecule has 1 atom stereocenters. The van der Waals surface area contributed by atoms with E-state index in [4.69, 9.17) is 0 Å². The van der Waals surface area contributed by atoms with E-state index in [1.807, 2.05) is 6.07 Å². The summed E-state index contributed by atoms with van der Waals surface area (Å²) in [4.78, 5) is 9.02. The Hall–Kier alpha value is -1.36. The Labute approximate surface area is 128 Å². The second kappa shape index (κ2) is 9.55. The molecule has 1 aromatic heterocycles. The van der Waals surface area contributed by atoms with Gasteiger partial charge in [-0.15, -0.1) is 0 Å². The Morgan fingerprint density at radius 1 is 1.10 bits per heavy atom. The van der Waals surface area contributed by atoms with Crippen molar-refractivity contribution in [3.05, 3.63) is 11.9 Å². The maximum absolute atomic E-state index is 9.94. The monoisotopic (exact) mass is 294 g/mol. The van der Waals surface area contributed by atoms with Gasteiger partial charge in [0.1, 0.15) is 17.5 Å². The van der Waals surface area contributed by atoms with Crippen molar-refractivity contribution in [1.29, 1.82) is 0 Å². The molecule has 0 aliphatic heterocycles. The third kappa shape index (κ3) is 7.27. The van der Waals surface area contributed by atoms with Gasteiger partial charge in [-0.25, -0.2) is 9.97 Å². The van der Waals surface area contributed by atoms with Gasteiger partial charge in [0, 0.05) is 25.6 Å². The van der Waals surface area contributed by atoms with Crippen LogP contribution in [0.3, 0.4) is 0 Å². The third-order valence-corrected chi connectivity index (χ3v) is 3.06. The highest BCUT2D eigenvalue weighted by atomic mass is 16.3. The quantitative estimate of drug-likeness (QED) is 0.618. The van der Waals surface area contributed by atoms with Crippen molar-refractivity contribution in [2.45, 2.75) is 59.5 Å². The zero-order valence-electron chi connectivity index (χ0n) is 13.8. The van der Waals surface area contributed by atoms with Crippen LogP contribution >= 0.6 is 0 Å². The first-order valence-corrected chi connectivity index (χ1v) is 8.08. The van der Waals surface area contributed by atoms with Crippen LogP contribution in [0.4, 0.5) is 11.6 Å². The molecule has 1 aromatic rings. The summed E-state index contributed by atoms with van der Waals surface area (Å²) >= 11 is 0. The molecule has 0 saturated carbocycles. The summed E-state index contributed by atoms with van der Waals surface area (Å²) in [6.07, 6.45) is 3.39. The summed E-state index contributed by atoms with van der Waals surface area (Å²) < 4.78 is 0. The number of aryl methyl sites for hydroxylation is 1. The first-order chi connectivity index (χ1) is 10.0. The summed E-state index contributed by atoms with van der Waals surface area (Å²) in [5.74, 6) is 2.98. The van der Waals surface area contributed by atoms with E-state index in [9.17, 15) is 5.11 Å². The van der Waals surface area contributed by atoms with E-state index < -0.39 is 0 Å². The van der Waals surface area contributed by atoms with Crippen LogP contribution in [0, 0.1) is 5.92 Å². The van der Waals surface area contributed by atoms with E-state index in [-0.39, 0.29) is 6.10 Å². The van der Waals surface area contributed by atoms with Crippen LogP contribution in [-0.2, 0) is 6.42 Å². The van der Waals surface area contributed by atoms with E-state index in [1.165, 1.54) is 0 Å². The highest BCUT2D eigenvalue weighted by Gasteiger charge is 2.09. The topological polar surface area (TPSA) is 70.1 Å². The molecule has 0 aromatic carbocycles. The van der Waals surface area contributed by atoms with Crippen LogP contribution < -0.4 is 10.6 Å². The Morgan fingerprint density at radius 2 is 1.76 bits per heavy atom. The molecule has 0 aliphatic rings. The lowest BCUT2D eigenvalue weighted by Crippen LogP contribution is -2.22. The molecule has 0 amide bonds. The second-order valence-corrected chi connectivity index (χ2v) is 5.90. The minimum absolute atomic E-state index is 0.346. The lowest BCUT2D eigenvalue weighted by atomic mass is 10.1. The van der Waals surface area contributed by atoms with E-state index in [1.54, 1.807) is 0 Å². The molecule has 0 radical (unpaired) electrons. The van der Waals surface area contributed by atoms with Gasteiger partial charge in [-0.1, -0.05) is 27.7 Å². The smallest absolute Gasteiger partial charge is 0.133 e. The van der Waals surface area contributed by atoms with E-state index in [0.717, 1.165) is 49.7 Å². The number of rotatable bonds is 10. The van der Waals surface area contributed by atoms with Crippen LogP contribution in [0.25, 0.3) is 0 Å². The third-order valence-electron chi connectivity index (χ3n) is 3.06. The van der Waals surface area contributed by atoms with Gasteiger partial charge in [0.05, 0.1) is 6.10 Å². The predicted octanol–water partition coefficient (Wildman–Crippen LogP) is 3.07. The highest BCUT2D eigenvalue weighted by molar-refractivity contribution is 5.47. The molecule has 1 rings (SSSR count). The van der Waals surface area contributed by atoms with Crippen molar-refractivity contribution in [3.8, 4) is 0 Å². The van der Waals surface area contributed by atoms with Crippen molar-refractivity contribution < 1.29 is 5.11 Å². The lowest BCUT2D eigenvalue weighted by molar-refractivity contribution is 0.161. The second-order valence-electron chi connectivity index (χ2n) is 5.90. The van der Waals surface area contributed by atoms with E-state index in [2.05, 4.69) is 48.3 Å². The standard InChI is InChI=1S/C16H30N4O/c1-5-7-14-19-15(17-8-6-2)10-16(20-14)18-11-13(21)9-12(3)4/h10,12-13,21H,5-9,11H2,1-4H3,(H2,17,18,19,20). The Bertz CT molecular complexity index is 409. The molecule has 1 unspecified atom stereocenters. The van der Waals surface area contributed by atoms with Crippen LogP contribution in [0.2, 0.25) is 0 Å². The Kier molecular flexibility index (Phi) is 8.05. The first-order valence-electron chi connectivity index (χ1n) is 8.08. The van der Waals surface area contributed by atoms with Gasteiger partial charge >= 0.3 is 0 Å². The molecular weight excluding hydrogens is 264 g/mol. The fourth-order valence-corrected chi connectivity index (χ4v) is 2.12. The summed E-state index contributed by atoms with van der Waals surface area (Å²) in [6, 6.07) is 1.91. The first kappa shape index (κ1) is 17.7. The molecule has 21 heavy (non-hydrogen) atoms. The lowest BCUT2D eigenvalue weighted by Gasteiger charge is -2.15. The summed E-state index contributed by atoms with van der Waals surface area (Å²) in [7, 11) is 0. The number of aliphatic hydroxyl groups excluding tert-OH is 1. The Morgan fingerprint density at radius 3 is 2.33 bits per heavy atom. The highest BCUT2D eigenvalue weighted by Crippen LogP contribution is 2.13. The molecular formula is C16H30N4O. The molecule has 0 aliphatic carbocycles. The minimum Gasteiger partial charge on any atom is -0.391 e. The summed E-state index contributed by atoms with van der Waals surface area (Å²) in [6.45, 7) is 9.89. The number of nitrogens with one attached hydrogen (secondary N) is 2. The van der Waals surface area contributed by atoms with Crippen LogP contribution in [-0.4, -0.2) is 34.3 Å². The molecule has 0 saturated heterocycles. The molecule has 5 heteroatoms. The molecule has 5 nitrogen and oxygen atoms in total. The average Bonchev–Trinajstić information content (AvgIpc) is 2.42. The van der Waals surface area contributed by atoms with Crippen molar-refractivity contribution in [2.75, 3.05) is 23.7 Å². The SMILES string of the molecule is CCCNc1cc(NCC(O)CC(C)C)nc(CCC)n1. The van der Waals surface area contributed by atoms with Gasteiger partial charge in [0.15, 0.2) is 0 Å². The normalized spacial score (nSPS) is 12.5. The number of aliphatic hydroxyl groups is 1. The largest absolute Gasteiger partial charge is 0.391 e. The molecule has 0 spiro atoms. The molecule has 1 heterocycles. The van der Waals surface area contributed by atoms with Gasteiger partial charge in [-0.2, -0.15) is 0 Å². The van der Waals surface area contributed by atoms with Crippen molar-refractivity contribution in [2.24, 2.45) is 5.92 Å². The van der Waals surface area contributed by atoms with Crippen molar-refractivity contribution in [1.82, 2.24) is 9.97 Å². The molecule has 3 N–H and O–H groups in total. The maximum atomic E-state index is 9.94. The van der Waals surface area contributed by atoms with E-state index >= 15 is 0 Å². The number of hydrogen-bond acceptors (Lipinski definition) is 5. The molecule has 0 fully saturated rings.